The predicted molar refractivity (Wildman–Crippen MR) is 85.8 cm³/mol. The van der Waals surface area contributed by atoms with Gasteiger partial charge in [-0.2, -0.15) is 5.10 Å². The van der Waals surface area contributed by atoms with E-state index in [1.54, 1.807) is 0 Å². The average Bonchev–Trinajstić information content (AvgIpc) is 2.73. The molecule has 4 nitrogen and oxygen atoms in total. The summed E-state index contributed by atoms with van der Waals surface area (Å²) in [5, 5.41) is 4.53. The number of rotatable bonds is 9. The number of Topliss-reactive ketones (excluding diaryl/α,β-unsaturated/α-hetero) is 1. The normalized spacial score (nSPS) is 12.7. The fourth-order valence-corrected chi connectivity index (χ4v) is 3.00. The van der Waals surface area contributed by atoms with Crippen molar-refractivity contribution in [2.75, 3.05) is 6.54 Å². The van der Waals surface area contributed by atoms with Crippen molar-refractivity contribution < 1.29 is 4.79 Å². The summed E-state index contributed by atoms with van der Waals surface area (Å²) in [6, 6.07) is 0. The third-order valence-corrected chi connectivity index (χ3v) is 4.55. The topological polar surface area (TPSA) is 60.9 Å². The summed E-state index contributed by atoms with van der Waals surface area (Å²) in [6.45, 7) is 7.78. The van der Waals surface area contributed by atoms with Gasteiger partial charge in [-0.05, 0) is 54.6 Å². The number of hydrogen-bond donors (Lipinski definition) is 1. The van der Waals surface area contributed by atoms with Crippen LogP contribution in [0.2, 0.25) is 0 Å². The van der Waals surface area contributed by atoms with E-state index in [1.807, 2.05) is 4.68 Å². The molecule has 0 spiro atoms. The van der Waals surface area contributed by atoms with E-state index in [0.29, 0.717) is 25.3 Å². The Kier molecular flexibility index (Phi) is 7.45. The van der Waals surface area contributed by atoms with E-state index in [4.69, 9.17) is 5.73 Å². The van der Waals surface area contributed by atoms with Crippen molar-refractivity contribution >= 4 is 21.7 Å². The van der Waals surface area contributed by atoms with Gasteiger partial charge < -0.3 is 5.73 Å². The molecule has 2 N–H and O–H groups in total. The maximum Gasteiger partial charge on any atom is 0.138 e. The molecule has 0 aromatic carbocycles. The largest absolute Gasteiger partial charge is 0.330 e. The lowest BCUT2D eigenvalue weighted by atomic mass is 9.99. The molecule has 0 fully saturated rings. The van der Waals surface area contributed by atoms with Gasteiger partial charge >= 0.3 is 0 Å². The SMILES string of the molecule is CCc1nn(CC)c(CC(=O)CCC(C)CCN)c1Br. The molecule has 0 saturated carbocycles. The first-order valence-electron chi connectivity index (χ1n) is 7.49. The minimum Gasteiger partial charge on any atom is -0.330 e. The van der Waals surface area contributed by atoms with Gasteiger partial charge in [0.05, 0.1) is 15.9 Å². The standard InChI is InChI=1S/C15H26BrN3O/c1-4-13-15(16)14(19(5-2)18-13)10-12(20)7-6-11(3)8-9-17/h11H,4-10,17H2,1-3H3. The maximum atomic E-state index is 12.1. The van der Waals surface area contributed by atoms with E-state index in [2.05, 4.69) is 41.8 Å². The second kappa shape index (κ2) is 8.57. The van der Waals surface area contributed by atoms with Gasteiger partial charge in [0.2, 0.25) is 0 Å². The average molecular weight is 344 g/mol. The molecule has 5 heteroatoms. The summed E-state index contributed by atoms with van der Waals surface area (Å²) in [6.07, 6.45) is 3.89. The van der Waals surface area contributed by atoms with Crippen molar-refractivity contribution in [1.82, 2.24) is 9.78 Å². The molecule has 1 unspecified atom stereocenters. The predicted octanol–water partition coefficient (Wildman–Crippen LogP) is 3.10. The Hall–Kier alpha value is -0.680. The molecule has 0 radical (unpaired) electrons. The van der Waals surface area contributed by atoms with Crippen LogP contribution in [0.5, 0.6) is 0 Å². The lowest BCUT2D eigenvalue weighted by Gasteiger charge is -2.09. The molecule has 0 saturated heterocycles. The lowest BCUT2D eigenvalue weighted by molar-refractivity contribution is -0.118. The Labute approximate surface area is 130 Å². The number of carbonyl (C=O) groups excluding carboxylic acids is 1. The van der Waals surface area contributed by atoms with Crippen LogP contribution in [0.1, 0.15) is 51.4 Å². The third kappa shape index (κ3) is 4.70. The number of aromatic nitrogens is 2. The molecule has 0 bridgehead atoms. The van der Waals surface area contributed by atoms with Crippen LogP contribution < -0.4 is 5.73 Å². The van der Waals surface area contributed by atoms with Gasteiger partial charge in [-0.1, -0.05) is 13.8 Å². The number of nitrogens with two attached hydrogens (primary N) is 1. The summed E-state index contributed by atoms with van der Waals surface area (Å²) in [5.41, 5.74) is 7.58. The number of hydrogen-bond acceptors (Lipinski definition) is 3. The molecule has 1 atom stereocenters. The Morgan fingerprint density at radius 1 is 1.40 bits per heavy atom. The highest BCUT2D eigenvalue weighted by Crippen LogP contribution is 2.23. The van der Waals surface area contributed by atoms with Gasteiger partial charge in [-0.3, -0.25) is 9.48 Å². The van der Waals surface area contributed by atoms with Crippen molar-refractivity contribution in [3.05, 3.63) is 15.9 Å². The summed E-state index contributed by atoms with van der Waals surface area (Å²) < 4.78 is 2.94. The van der Waals surface area contributed by atoms with Crippen molar-refractivity contribution in [3.63, 3.8) is 0 Å². The third-order valence-electron chi connectivity index (χ3n) is 3.63. The summed E-state index contributed by atoms with van der Waals surface area (Å²) >= 11 is 3.58. The molecule has 0 aliphatic rings. The fourth-order valence-electron chi connectivity index (χ4n) is 2.30. The molecule has 1 rings (SSSR count). The Morgan fingerprint density at radius 2 is 2.10 bits per heavy atom. The van der Waals surface area contributed by atoms with E-state index in [9.17, 15) is 4.79 Å². The second-order valence-corrected chi connectivity index (χ2v) is 6.11. The molecular formula is C15H26BrN3O. The Balaban J connectivity index is 2.63. The highest BCUT2D eigenvalue weighted by atomic mass is 79.9. The molecular weight excluding hydrogens is 318 g/mol. The van der Waals surface area contributed by atoms with Gasteiger partial charge in [0.1, 0.15) is 5.78 Å². The van der Waals surface area contributed by atoms with Crippen molar-refractivity contribution in [2.45, 2.75) is 59.4 Å². The minimum atomic E-state index is 0.284. The summed E-state index contributed by atoms with van der Waals surface area (Å²) in [4.78, 5) is 12.1. The molecule has 1 heterocycles. The van der Waals surface area contributed by atoms with Gasteiger partial charge in [0.15, 0.2) is 0 Å². The van der Waals surface area contributed by atoms with Crippen LogP contribution in [0.3, 0.4) is 0 Å². The zero-order valence-corrected chi connectivity index (χ0v) is 14.4. The Bertz CT molecular complexity index is 443. The van der Waals surface area contributed by atoms with Crippen molar-refractivity contribution in [1.29, 1.82) is 0 Å². The van der Waals surface area contributed by atoms with Crippen LogP contribution in [0.25, 0.3) is 0 Å². The first-order chi connectivity index (χ1) is 9.53. The highest BCUT2D eigenvalue weighted by molar-refractivity contribution is 9.10. The van der Waals surface area contributed by atoms with E-state index in [1.165, 1.54) is 0 Å². The number of carbonyl (C=O) groups is 1. The second-order valence-electron chi connectivity index (χ2n) is 5.31. The minimum absolute atomic E-state index is 0.284. The van der Waals surface area contributed by atoms with Crippen LogP contribution in [0.15, 0.2) is 4.47 Å². The number of aryl methyl sites for hydroxylation is 2. The van der Waals surface area contributed by atoms with Crippen LogP contribution in [-0.4, -0.2) is 22.1 Å². The molecule has 20 heavy (non-hydrogen) atoms. The van der Waals surface area contributed by atoms with E-state index in [0.717, 1.165) is 41.7 Å². The molecule has 0 aliphatic heterocycles. The summed E-state index contributed by atoms with van der Waals surface area (Å²) in [7, 11) is 0. The quantitative estimate of drug-likeness (QED) is 0.749. The Morgan fingerprint density at radius 3 is 2.65 bits per heavy atom. The molecule has 0 aliphatic carbocycles. The first kappa shape index (κ1) is 17.4. The number of nitrogens with zero attached hydrogens (tertiary/aromatic N) is 2. The molecule has 1 aromatic heterocycles. The van der Waals surface area contributed by atoms with E-state index < -0.39 is 0 Å². The van der Waals surface area contributed by atoms with Crippen molar-refractivity contribution in [3.8, 4) is 0 Å². The van der Waals surface area contributed by atoms with Crippen LogP contribution >= 0.6 is 15.9 Å². The highest BCUT2D eigenvalue weighted by Gasteiger charge is 2.17. The maximum absolute atomic E-state index is 12.1. The zero-order valence-electron chi connectivity index (χ0n) is 12.8. The molecule has 0 amide bonds. The van der Waals surface area contributed by atoms with Crippen LogP contribution in [0.4, 0.5) is 0 Å². The summed E-state index contributed by atoms with van der Waals surface area (Å²) in [5.74, 6) is 0.807. The monoisotopic (exact) mass is 343 g/mol. The van der Waals surface area contributed by atoms with E-state index in [-0.39, 0.29) is 5.78 Å². The fraction of sp³-hybridized carbons (Fsp3) is 0.733. The number of ketones is 1. The van der Waals surface area contributed by atoms with Gasteiger partial charge in [-0.25, -0.2) is 0 Å². The lowest BCUT2D eigenvalue weighted by Crippen LogP contribution is -2.12. The molecule has 114 valence electrons. The van der Waals surface area contributed by atoms with Gasteiger partial charge in [-0.15, -0.1) is 0 Å². The van der Waals surface area contributed by atoms with Gasteiger partial charge in [0.25, 0.3) is 0 Å². The molecule has 1 aromatic rings. The van der Waals surface area contributed by atoms with Crippen molar-refractivity contribution in [2.24, 2.45) is 11.7 Å². The van der Waals surface area contributed by atoms with Crippen LogP contribution in [-0.2, 0) is 24.2 Å². The zero-order chi connectivity index (χ0) is 15.1. The number of halogens is 1. The van der Waals surface area contributed by atoms with Crippen LogP contribution in [0, 0.1) is 5.92 Å². The smallest absolute Gasteiger partial charge is 0.138 e. The van der Waals surface area contributed by atoms with Gasteiger partial charge in [0, 0.05) is 19.4 Å². The first-order valence-corrected chi connectivity index (χ1v) is 8.28. The van der Waals surface area contributed by atoms with E-state index >= 15 is 0 Å².